The minimum Gasteiger partial charge on any atom is -0.494 e. The summed E-state index contributed by atoms with van der Waals surface area (Å²) < 4.78 is 19.1. The summed E-state index contributed by atoms with van der Waals surface area (Å²) in [7, 11) is 1.40. The monoisotopic (exact) mass is 246 g/mol. The van der Waals surface area contributed by atoms with Gasteiger partial charge in [0, 0.05) is 5.56 Å². The molecule has 2 rings (SSSR count). The molecule has 0 aliphatic heterocycles. The Morgan fingerprint density at radius 1 is 1.06 bits per heavy atom. The van der Waals surface area contributed by atoms with Gasteiger partial charge in [-0.1, -0.05) is 42.5 Å². The highest BCUT2D eigenvalue weighted by Gasteiger charge is 2.29. The molecule has 0 bridgehead atoms. The summed E-state index contributed by atoms with van der Waals surface area (Å²) >= 11 is 0. The van der Waals surface area contributed by atoms with E-state index in [-0.39, 0.29) is 11.3 Å². The molecule has 3 heteroatoms. The molecule has 0 aliphatic rings. The summed E-state index contributed by atoms with van der Waals surface area (Å²) in [6.45, 7) is 1.57. The molecule has 0 saturated carbocycles. The Morgan fingerprint density at radius 2 is 1.72 bits per heavy atom. The van der Waals surface area contributed by atoms with Crippen LogP contribution in [0.3, 0.4) is 0 Å². The van der Waals surface area contributed by atoms with Crippen molar-refractivity contribution in [1.82, 2.24) is 0 Å². The van der Waals surface area contributed by atoms with Crippen molar-refractivity contribution in [2.75, 3.05) is 7.11 Å². The van der Waals surface area contributed by atoms with E-state index in [1.807, 2.05) is 18.2 Å². The van der Waals surface area contributed by atoms with Gasteiger partial charge in [0.25, 0.3) is 0 Å². The number of halogens is 1. The van der Waals surface area contributed by atoms with Gasteiger partial charge in [-0.3, -0.25) is 0 Å². The topological polar surface area (TPSA) is 29.5 Å². The van der Waals surface area contributed by atoms with E-state index >= 15 is 0 Å². The molecule has 0 amide bonds. The summed E-state index contributed by atoms with van der Waals surface area (Å²) in [5.74, 6) is -0.405. The molecule has 0 aromatic heterocycles. The van der Waals surface area contributed by atoms with E-state index in [0.717, 1.165) is 0 Å². The second-order valence-corrected chi connectivity index (χ2v) is 4.26. The maximum Gasteiger partial charge on any atom is 0.171 e. The minimum atomic E-state index is -1.39. The lowest BCUT2D eigenvalue weighted by molar-refractivity contribution is 0.0972. The third-order valence-electron chi connectivity index (χ3n) is 3.04. The number of methoxy groups -OCH3 is 1. The molecule has 1 N–H and O–H groups in total. The Morgan fingerprint density at radius 3 is 2.33 bits per heavy atom. The van der Waals surface area contributed by atoms with Gasteiger partial charge in [-0.05, 0) is 18.6 Å². The molecule has 94 valence electrons. The maximum atomic E-state index is 14.2. The predicted octanol–water partition coefficient (Wildman–Crippen LogP) is 3.09. The predicted molar refractivity (Wildman–Crippen MR) is 68.1 cm³/mol. The molecule has 1 atom stereocenters. The molecule has 2 aromatic rings. The van der Waals surface area contributed by atoms with Crippen LogP contribution in [0.5, 0.6) is 5.75 Å². The zero-order valence-corrected chi connectivity index (χ0v) is 10.4. The van der Waals surface area contributed by atoms with E-state index in [2.05, 4.69) is 0 Å². The standard InChI is InChI=1S/C15H15FO2/c1-15(17,11-7-4-3-5-8-11)12-9-6-10-13(18-2)14(12)16/h3-10,17H,1-2H3. The van der Waals surface area contributed by atoms with Gasteiger partial charge in [-0.2, -0.15) is 0 Å². The zero-order chi connectivity index (χ0) is 13.2. The van der Waals surface area contributed by atoms with E-state index in [1.165, 1.54) is 13.2 Å². The van der Waals surface area contributed by atoms with Crippen molar-refractivity contribution in [3.05, 3.63) is 65.5 Å². The van der Waals surface area contributed by atoms with Crippen molar-refractivity contribution in [3.63, 3.8) is 0 Å². The first-order valence-corrected chi connectivity index (χ1v) is 5.68. The van der Waals surface area contributed by atoms with Crippen molar-refractivity contribution in [2.45, 2.75) is 12.5 Å². The third kappa shape index (κ3) is 2.09. The summed E-state index contributed by atoms with van der Waals surface area (Å²) in [6.07, 6.45) is 0. The van der Waals surface area contributed by atoms with E-state index in [1.54, 1.807) is 31.2 Å². The number of ether oxygens (including phenoxy) is 1. The second-order valence-electron chi connectivity index (χ2n) is 4.26. The van der Waals surface area contributed by atoms with Crippen molar-refractivity contribution in [2.24, 2.45) is 0 Å². The zero-order valence-electron chi connectivity index (χ0n) is 10.4. The molecular weight excluding hydrogens is 231 g/mol. The van der Waals surface area contributed by atoms with Gasteiger partial charge in [0.2, 0.25) is 0 Å². The normalized spacial score (nSPS) is 14.0. The van der Waals surface area contributed by atoms with Gasteiger partial charge in [-0.25, -0.2) is 4.39 Å². The quantitative estimate of drug-likeness (QED) is 0.901. The minimum absolute atomic E-state index is 0.128. The average Bonchev–Trinajstić information content (AvgIpc) is 2.40. The van der Waals surface area contributed by atoms with Crippen LogP contribution in [0.15, 0.2) is 48.5 Å². The molecule has 0 heterocycles. The maximum absolute atomic E-state index is 14.2. The smallest absolute Gasteiger partial charge is 0.171 e. The summed E-state index contributed by atoms with van der Waals surface area (Å²) in [5, 5.41) is 10.6. The van der Waals surface area contributed by atoms with Crippen molar-refractivity contribution >= 4 is 0 Å². The Bertz CT molecular complexity index is 535. The molecule has 2 aromatic carbocycles. The Balaban J connectivity index is 2.54. The summed E-state index contributed by atoms with van der Waals surface area (Å²) in [6, 6.07) is 13.7. The Hall–Kier alpha value is -1.87. The number of hydrogen-bond acceptors (Lipinski definition) is 2. The molecule has 0 aliphatic carbocycles. The molecule has 0 fully saturated rings. The summed E-state index contributed by atoms with van der Waals surface area (Å²) in [4.78, 5) is 0. The van der Waals surface area contributed by atoms with Gasteiger partial charge >= 0.3 is 0 Å². The number of benzene rings is 2. The first kappa shape index (κ1) is 12.6. The fraction of sp³-hybridized carbons (Fsp3) is 0.200. The van der Waals surface area contributed by atoms with E-state index in [4.69, 9.17) is 4.74 Å². The highest BCUT2D eigenvalue weighted by molar-refractivity contribution is 5.40. The van der Waals surface area contributed by atoms with Crippen LogP contribution in [0.1, 0.15) is 18.1 Å². The number of rotatable bonds is 3. The lowest BCUT2D eigenvalue weighted by Gasteiger charge is -2.25. The van der Waals surface area contributed by atoms with Crippen molar-refractivity contribution < 1.29 is 14.2 Å². The van der Waals surface area contributed by atoms with Crippen LogP contribution in [0.25, 0.3) is 0 Å². The molecule has 0 saturated heterocycles. The van der Waals surface area contributed by atoms with E-state index in [9.17, 15) is 9.50 Å². The SMILES string of the molecule is COc1cccc(C(C)(O)c2ccccc2)c1F. The Kier molecular flexibility index (Phi) is 3.34. The van der Waals surface area contributed by atoms with Crippen molar-refractivity contribution in [1.29, 1.82) is 0 Å². The lowest BCUT2D eigenvalue weighted by atomic mass is 9.88. The highest BCUT2D eigenvalue weighted by Crippen LogP contribution is 2.33. The number of hydrogen-bond donors (Lipinski definition) is 1. The fourth-order valence-corrected chi connectivity index (χ4v) is 1.96. The second kappa shape index (κ2) is 4.78. The average molecular weight is 246 g/mol. The van der Waals surface area contributed by atoms with Crippen LogP contribution in [0.2, 0.25) is 0 Å². The van der Waals surface area contributed by atoms with E-state index < -0.39 is 11.4 Å². The van der Waals surface area contributed by atoms with Gasteiger partial charge in [-0.15, -0.1) is 0 Å². The largest absolute Gasteiger partial charge is 0.494 e. The van der Waals surface area contributed by atoms with Gasteiger partial charge in [0.05, 0.1) is 7.11 Å². The highest BCUT2D eigenvalue weighted by atomic mass is 19.1. The van der Waals surface area contributed by atoms with Crippen LogP contribution >= 0.6 is 0 Å². The van der Waals surface area contributed by atoms with Gasteiger partial charge in [0.15, 0.2) is 11.6 Å². The fourth-order valence-electron chi connectivity index (χ4n) is 1.96. The Labute approximate surface area is 106 Å². The van der Waals surface area contributed by atoms with Crippen molar-refractivity contribution in [3.8, 4) is 5.75 Å². The molecule has 0 radical (unpaired) electrons. The van der Waals surface area contributed by atoms with Crippen LogP contribution < -0.4 is 4.74 Å². The summed E-state index contributed by atoms with van der Waals surface area (Å²) in [5.41, 5.74) is -0.551. The van der Waals surface area contributed by atoms with Crippen LogP contribution in [-0.4, -0.2) is 12.2 Å². The molecule has 1 unspecified atom stereocenters. The lowest BCUT2D eigenvalue weighted by Crippen LogP contribution is -2.24. The molecular formula is C15H15FO2. The van der Waals surface area contributed by atoms with Crippen LogP contribution in [-0.2, 0) is 5.60 Å². The molecule has 0 spiro atoms. The molecule has 2 nitrogen and oxygen atoms in total. The first-order valence-electron chi connectivity index (χ1n) is 5.68. The van der Waals surface area contributed by atoms with Gasteiger partial charge < -0.3 is 9.84 Å². The van der Waals surface area contributed by atoms with Gasteiger partial charge in [0.1, 0.15) is 5.60 Å². The van der Waals surface area contributed by atoms with Crippen LogP contribution in [0, 0.1) is 5.82 Å². The van der Waals surface area contributed by atoms with E-state index in [0.29, 0.717) is 5.56 Å². The number of aliphatic hydroxyl groups is 1. The first-order chi connectivity index (χ1) is 8.57. The van der Waals surface area contributed by atoms with Crippen LogP contribution in [0.4, 0.5) is 4.39 Å². The molecule has 18 heavy (non-hydrogen) atoms. The third-order valence-corrected chi connectivity index (χ3v) is 3.04.